The van der Waals surface area contributed by atoms with Crippen molar-refractivity contribution in [2.75, 3.05) is 14.2 Å². The van der Waals surface area contributed by atoms with Gasteiger partial charge in [-0.3, -0.25) is 0 Å². The van der Waals surface area contributed by atoms with E-state index in [2.05, 4.69) is 0 Å². The van der Waals surface area contributed by atoms with Crippen LogP contribution in [0.25, 0.3) is 0 Å². The monoisotopic (exact) mass is 916 g/mol. The predicted molar refractivity (Wildman–Crippen MR) is 218 cm³/mol. The molecule has 2 aromatic carbocycles. The number of hydrogen-bond acceptors (Lipinski definition) is 11. The number of carbonyl (C=O) groups excluding carboxylic acids is 2. The second kappa shape index (κ2) is 17.4. The number of alkyl halides is 6. The molecule has 2 aromatic rings. The third-order valence-corrected chi connectivity index (χ3v) is 16.0. The zero-order chi connectivity index (χ0) is 47.6. The molecule has 5 N–H and O–H groups in total. The molecule has 4 aliphatic carbocycles. The molecule has 0 radical (unpaired) electrons. The number of hydrogen-bond donors (Lipinski definition) is 5. The van der Waals surface area contributed by atoms with Gasteiger partial charge in [-0.25, -0.2) is 9.59 Å². The maximum Gasteiger partial charge on any atom is 0.432 e. The summed E-state index contributed by atoms with van der Waals surface area (Å²) in [5.74, 6) is -6.49. The van der Waals surface area contributed by atoms with Crippen LogP contribution in [0.15, 0.2) is 60.7 Å². The lowest BCUT2D eigenvalue weighted by Crippen LogP contribution is -2.71. The summed E-state index contributed by atoms with van der Waals surface area (Å²) >= 11 is 0. The second-order valence-corrected chi connectivity index (χ2v) is 19.9. The zero-order valence-corrected chi connectivity index (χ0v) is 37.2. The smallest absolute Gasteiger partial charge is 0.432 e. The second-order valence-electron chi connectivity index (χ2n) is 19.9. The average Bonchev–Trinajstić information content (AvgIpc) is 3.48. The fourth-order valence-electron chi connectivity index (χ4n) is 13.0. The molecule has 64 heavy (non-hydrogen) atoms. The molecule has 11 nitrogen and oxygen atoms in total. The molecule has 4 fully saturated rings. The molecule has 4 aliphatic rings. The van der Waals surface area contributed by atoms with Crippen molar-refractivity contribution < 1.29 is 80.4 Å². The Balaban J connectivity index is 1.19. The molecule has 0 amide bonds. The Hall–Kier alpha value is -3.32. The standard InChI is InChI=1S/C47H62F6O11/c1-26(18-19-34(40(2,3)59)64-39(58)45(62-7,47(51,52)53)28-16-12-9-13-17-28)29-24-30(54)37-41(29,4)23-21-33-42(5)22-20-32(36(56)35(42)31(55)25-43(33,37)60)63-38(57)44(61-6,46(48,49)50)27-14-10-8-11-15-27/h8-17,26,29-37,54-56,59-60H,18-25H2,1-7H3/t26-,29-,30-,31-,32+,33-,34-,35?,36+,37-,41-,42-,43+,44+,45+/m1/s1. The number of esters is 2. The molecule has 0 aromatic heterocycles. The molecular weight excluding hydrogens is 854 g/mol. The molecule has 15 atom stereocenters. The molecule has 0 aliphatic heterocycles. The minimum absolute atomic E-state index is 0.0645. The van der Waals surface area contributed by atoms with Gasteiger partial charge in [0.05, 0.1) is 29.5 Å². The van der Waals surface area contributed by atoms with Crippen molar-refractivity contribution in [2.24, 2.45) is 40.4 Å². The van der Waals surface area contributed by atoms with E-state index in [1.807, 2.05) is 13.8 Å². The van der Waals surface area contributed by atoms with E-state index < -0.39 is 117 Å². The van der Waals surface area contributed by atoms with Crippen molar-refractivity contribution in [3.8, 4) is 0 Å². The van der Waals surface area contributed by atoms with E-state index in [-0.39, 0.29) is 50.4 Å². The fourth-order valence-corrected chi connectivity index (χ4v) is 13.0. The van der Waals surface area contributed by atoms with Crippen LogP contribution in [0, 0.1) is 40.4 Å². The third-order valence-electron chi connectivity index (χ3n) is 16.0. The molecule has 1 unspecified atom stereocenters. The summed E-state index contributed by atoms with van der Waals surface area (Å²) in [6, 6.07) is 12.6. The minimum atomic E-state index is -5.25. The van der Waals surface area contributed by atoms with Gasteiger partial charge in [0, 0.05) is 43.6 Å². The topological polar surface area (TPSA) is 172 Å². The molecule has 0 saturated heterocycles. The third kappa shape index (κ3) is 7.95. The number of rotatable bonds is 13. The number of halogens is 6. The Kier molecular flexibility index (Phi) is 13.6. The summed E-state index contributed by atoms with van der Waals surface area (Å²) in [5, 5.41) is 59.6. The van der Waals surface area contributed by atoms with Crippen molar-refractivity contribution in [1.29, 1.82) is 0 Å². The van der Waals surface area contributed by atoms with Crippen molar-refractivity contribution in [3.05, 3.63) is 71.8 Å². The Bertz CT molecular complexity index is 1960. The first-order valence-corrected chi connectivity index (χ1v) is 21.9. The first kappa shape index (κ1) is 50.1. The van der Waals surface area contributed by atoms with E-state index in [1.54, 1.807) is 6.92 Å². The van der Waals surface area contributed by atoms with E-state index >= 15 is 0 Å². The van der Waals surface area contributed by atoms with Gasteiger partial charge in [-0.15, -0.1) is 0 Å². The van der Waals surface area contributed by atoms with Crippen molar-refractivity contribution >= 4 is 11.9 Å². The summed E-state index contributed by atoms with van der Waals surface area (Å²) in [6.07, 6.45) is -16.4. The van der Waals surface area contributed by atoms with E-state index in [0.717, 1.165) is 38.5 Å². The molecule has 6 rings (SSSR count). The maximum atomic E-state index is 14.7. The van der Waals surface area contributed by atoms with E-state index in [0.29, 0.717) is 12.8 Å². The predicted octanol–water partition coefficient (Wildman–Crippen LogP) is 6.89. The summed E-state index contributed by atoms with van der Waals surface area (Å²) in [7, 11) is 1.50. The summed E-state index contributed by atoms with van der Waals surface area (Å²) in [4.78, 5) is 27.2. The zero-order valence-electron chi connectivity index (χ0n) is 37.2. The first-order chi connectivity index (χ1) is 29.6. The van der Waals surface area contributed by atoms with Crippen LogP contribution in [0.4, 0.5) is 26.3 Å². The van der Waals surface area contributed by atoms with Gasteiger partial charge in [0.15, 0.2) is 0 Å². The molecule has 0 bridgehead atoms. The van der Waals surface area contributed by atoms with Crippen LogP contribution in [0.2, 0.25) is 0 Å². The molecule has 358 valence electrons. The van der Waals surface area contributed by atoms with Gasteiger partial charge in [0.1, 0.15) is 12.2 Å². The molecule has 0 spiro atoms. The normalized spacial score (nSPS) is 36.0. The van der Waals surface area contributed by atoms with Crippen LogP contribution in [0.5, 0.6) is 0 Å². The Morgan fingerprint density at radius 2 is 1.27 bits per heavy atom. The lowest BCUT2D eigenvalue weighted by Gasteiger charge is -2.66. The highest BCUT2D eigenvalue weighted by molar-refractivity contribution is 5.83. The Morgan fingerprint density at radius 1 is 0.766 bits per heavy atom. The molecular formula is C47H62F6O11. The highest BCUT2D eigenvalue weighted by atomic mass is 19.4. The van der Waals surface area contributed by atoms with Gasteiger partial charge in [-0.2, -0.15) is 26.3 Å². The van der Waals surface area contributed by atoms with Crippen LogP contribution < -0.4 is 0 Å². The van der Waals surface area contributed by atoms with E-state index in [4.69, 9.17) is 18.9 Å². The quantitative estimate of drug-likeness (QED) is 0.105. The first-order valence-electron chi connectivity index (χ1n) is 21.9. The average molecular weight is 917 g/mol. The van der Waals surface area contributed by atoms with Gasteiger partial charge in [0.2, 0.25) is 0 Å². The van der Waals surface area contributed by atoms with Crippen LogP contribution >= 0.6 is 0 Å². The number of benzene rings is 2. The highest BCUT2D eigenvalue weighted by Crippen LogP contribution is 2.70. The summed E-state index contributed by atoms with van der Waals surface area (Å²) in [5.41, 5.74) is -13.2. The molecule has 4 saturated carbocycles. The van der Waals surface area contributed by atoms with Crippen molar-refractivity contribution in [3.63, 3.8) is 0 Å². The summed E-state index contributed by atoms with van der Waals surface area (Å²) in [6.45, 7) is 8.29. The van der Waals surface area contributed by atoms with Gasteiger partial charge in [-0.1, -0.05) is 81.4 Å². The van der Waals surface area contributed by atoms with E-state index in [9.17, 15) is 61.5 Å². The van der Waals surface area contributed by atoms with Crippen LogP contribution in [0.1, 0.15) is 97.1 Å². The van der Waals surface area contributed by atoms with Crippen LogP contribution in [-0.4, -0.2) is 106 Å². The summed E-state index contributed by atoms with van der Waals surface area (Å²) < 4.78 is 109. The Labute approximate surface area is 369 Å². The number of methoxy groups -OCH3 is 2. The van der Waals surface area contributed by atoms with Gasteiger partial charge < -0.3 is 44.5 Å². The highest BCUT2D eigenvalue weighted by Gasteiger charge is 2.73. The number of fused-ring (bicyclic) bond motifs is 5. The fraction of sp³-hybridized carbons (Fsp3) is 0.702. The minimum Gasteiger partial charge on any atom is -0.457 e. The van der Waals surface area contributed by atoms with Gasteiger partial charge >= 0.3 is 24.3 Å². The van der Waals surface area contributed by atoms with Crippen LogP contribution in [-0.2, 0) is 39.7 Å². The van der Waals surface area contributed by atoms with Gasteiger partial charge in [-0.05, 0) is 87.4 Å². The molecule has 0 heterocycles. The number of ether oxygens (including phenoxy) is 4. The Morgan fingerprint density at radius 3 is 1.75 bits per heavy atom. The largest absolute Gasteiger partial charge is 0.457 e. The lowest BCUT2D eigenvalue weighted by atomic mass is 9.41. The van der Waals surface area contributed by atoms with E-state index in [1.165, 1.54) is 50.2 Å². The number of aliphatic hydroxyl groups is 5. The van der Waals surface area contributed by atoms with Crippen molar-refractivity contribution in [1.82, 2.24) is 0 Å². The number of aliphatic hydroxyl groups excluding tert-OH is 3. The lowest BCUT2D eigenvalue weighted by molar-refractivity contribution is -0.294. The number of carbonyl (C=O) groups is 2. The molecule has 17 heteroatoms. The van der Waals surface area contributed by atoms with Crippen molar-refractivity contribution in [2.45, 2.75) is 151 Å². The maximum absolute atomic E-state index is 14.7. The van der Waals surface area contributed by atoms with Crippen LogP contribution in [0.3, 0.4) is 0 Å². The SMILES string of the molecule is CO[C@](C(=O)O[C@H]1CC[C@@]2(C)C([C@H](O)C[C@@]3(O)[C@@H]4[C@H](O)C[C@H]([C@H](C)CC[C@@H](OC(=O)[C@@](OC)(c5ccccc5)C(F)(F)F)C(C)(C)O)[C@@]4(C)CC[C@@H]32)[C@H]1O)(c1ccccc1)C(F)(F)F. The van der Waals surface area contributed by atoms with Gasteiger partial charge in [0.25, 0.3) is 11.2 Å².